The molecule has 0 spiro atoms. The van der Waals surface area contributed by atoms with Crippen molar-refractivity contribution in [3.8, 4) is 11.2 Å². The number of nitriles is 1. The van der Waals surface area contributed by atoms with Gasteiger partial charge in [-0.15, -0.1) is 10.2 Å². The number of pyridine rings is 1. The van der Waals surface area contributed by atoms with Gasteiger partial charge in [-0.3, -0.25) is 0 Å². The number of aryl methyl sites for hydroxylation is 7. The largest absolute Gasteiger partial charge is 0.462 e. The number of ether oxygens (including phenoxy) is 1. The van der Waals surface area contributed by atoms with Crippen molar-refractivity contribution in [1.29, 1.82) is 5.26 Å². The van der Waals surface area contributed by atoms with Gasteiger partial charge in [0.25, 0.3) is 0 Å². The standard InChI is InChI=1S/C41H41N9O2S/c1-9-35(51)52-16-12-15-49(38-29(7)19-25(3)20-30(38)8)34-21-28(6)37(39(45-34)46-36-26(4)17-24(2)18-27(36)5)47-48-40-31(22-42)23-43-50(40)41-44-32-13-10-11-14-33(32)53-41/h9-11,13-14,17-21,23H,1,12,15-16H2,2-8H3,(H,45,46). The van der Waals surface area contributed by atoms with Crippen molar-refractivity contribution < 1.29 is 9.53 Å². The van der Waals surface area contributed by atoms with Crippen molar-refractivity contribution in [2.24, 2.45) is 10.2 Å². The second kappa shape index (κ2) is 15.6. The predicted octanol–water partition coefficient (Wildman–Crippen LogP) is 10.3. The molecule has 0 saturated heterocycles. The van der Waals surface area contributed by atoms with Crippen molar-refractivity contribution in [3.63, 3.8) is 0 Å². The normalized spacial score (nSPS) is 11.2. The first-order chi connectivity index (χ1) is 25.5. The Hall–Kier alpha value is -6.19. The van der Waals surface area contributed by atoms with E-state index < -0.39 is 5.97 Å². The number of rotatable bonds is 12. The van der Waals surface area contributed by atoms with Crippen LogP contribution in [0.15, 0.2) is 83.7 Å². The van der Waals surface area contributed by atoms with Crippen LogP contribution in [0, 0.1) is 59.8 Å². The molecule has 0 bridgehead atoms. The number of aromatic nitrogens is 4. The number of fused-ring (bicyclic) bond motifs is 1. The molecule has 3 heterocycles. The molecule has 53 heavy (non-hydrogen) atoms. The number of nitrogens with zero attached hydrogens (tertiary/aromatic N) is 8. The number of thiazole rings is 1. The summed E-state index contributed by atoms with van der Waals surface area (Å²) in [6.07, 6.45) is 3.20. The Morgan fingerprint density at radius 1 is 0.962 bits per heavy atom. The van der Waals surface area contributed by atoms with Gasteiger partial charge in [0, 0.05) is 24.0 Å². The van der Waals surface area contributed by atoms with Crippen LogP contribution < -0.4 is 10.2 Å². The molecule has 0 amide bonds. The fraction of sp³-hybridized carbons (Fsp3) is 0.244. The minimum absolute atomic E-state index is 0.229. The van der Waals surface area contributed by atoms with E-state index in [0.717, 1.165) is 60.5 Å². The Bertz CT molecular complexity index is 2360. The third-order valence-corrected chi connectivity index (χ3v) is 9.79. The number of hydrogen-bond donors (Lipinski definition) is 1. The topological polar surface area (TPSA) is 134 Å². The van der Waals surface area contributed by atoms with Crippen molar-refractivity contribution in [2.75, 3.05) is 23.4 Å². The molecule has 0 atom stereocenters. The van der Waals surface area contributed by atoms with Crippen molar-refractivity contribution in [1.82, 2.24) is 19.7 Å². The Labute approximate surface area is 313 Å². The minimum atomic E-state index is -0.456. The number of anilines is 4. The summed E-state index contributed by atoms with van der Waals surface area (Å²) in [5.41, 5.74) is 11.0. The van der Waals surface area contributed by atoms with E-state index in [-0.39, 0.29) is 18.0 Å². The summed E-state index contributed by atoms with van der Waals surface area (Å²) in [6.45, 7) is 18.7. The number of para-hydroxylation sites is 1. The Balaban J connectivity index is 1.49. The summed E-state index contributed by atoms with van der Waals surface area (Å²) in [4.78, 5) is 24.0. The number of esters is 1. The molecule has 0 fully saturated rings. The van der Waals surface area contributed by atoms with Crippen LogP contribution in [0.1, 0.15) is 50.9 Å². The summed E-state index contributed by atoms with van der Waals surface area (Å²) in [5, 5.41) is 28.1. The van der Waals surface area contributed by atoms with Gasteiger partial charge in [0.2, 0.25) is 5.13 Å². The number of nitrogens with one attached hydrogen (secondary N) is 1. The van der Waals surface area contributed by atoms with Crippen LogP contribution in [-0.4, -0.2) is 38.9 Å². The molecule has 0 saturated carbocycles. The maximum Gasteiger partial charge on any atom is 0.330 e. The molecule has 6 rings (SSSR count). The zero-order chi connectivity index (χ0) is 37.8. The van der Waals surface area contributed by atoms with Gasteiger partial charge in [-0.2, -0.15) is 15.0 Å². The minimum Gasteiger partial charge on any atom is -0.462 e. The lowest BCUT2D eigenvalue weighted by molar-refractivity contribution is -0.137. The number of hydrogen-bond acceptors (Lipinski definition) is 11. The molecule has 0 aliphatic rings. The quantitative estimate of drug-likeness (QED) is 0.0571. The lowest BCUT2D eigenvalue weighted by Crippen LogP contribution is -2.23. The summed E-state index contributed by atoms with van der Waals surface area (Å²) in [6, 6.07) is 20.6. The number of azo groups is 1. The SMILES string of the molecule is C=CC(=O)OCCCN(c1cc(C)c(N=Nc2c(C#N)cnn2-c2nc3ccccc3s2)c(Nc2c(C)cc(C)cc2C)n1)c1c(C)cc(C)cc1C. The second-order valence-electron chi connectivity index (χ2n) is 13.1. The van der Waals surface area contributed by atoms with Crippen LogP contribution in [0.2, 0.25) is 0 Å². The first kappa shape index (κ1) is 36.6. The van der Waals surface area contributed by atoms with Crippen molar-refractivity contribution in [3.05, 3.63) is 118 Å². The van der Waals surface area contributed by atoms with E-state index in [2.05, 4.69) is 98.9 Å². The molecule has 11 nitrogen and oxygen atoms in total. The van der Waals surface area contributed by atoms with Gasteiger partial charge < -0.3 is 15.0 Å². The number of benzene rings is 3. The zero-order valence-electron chi connectivity index (χ0n) is 31.0. The van der Waals surface area contributed by atoms with E-state index in [4.69, 9.17) is 19.8 Å². The lowest BCUT2D eigenvalue weighted by atomic mass is 10.0. The molecule has 0 aliphatic heterocycles. The van der Waals surface area contributed by atoms with Gasteiger partial charge in [0.15, 0.2) is 11.6 Å². The molecule has 1 N–H and O–H groups in total. The van der Waals surface area contributed by atoms with E-state index in [9.17, 15) is 10.1 Å². The number of carbonyl (C=O) groups excluding carboxylic acids is 1. The highest BCUT2D eigenvalue weighted by molar-refractivity contribution is 7.20. The van der Waals surface area contributed by atoms with Gasteiger partial charge in [0.1, 0.15) is 23.1 Å². The van der Waals surface area contributed by atoms with Gasteiger partial charge in [0.05, 0.1) is 23.0 Å². The van der Waals surface area contributed by atoms with Crippen molar-refractivity contribution >= 4 is 62.0 Å². The molecule has 6 aromatic rings. The molecule has 0 radical (unpaired) electrons. The van der Waals surface area contributed by atoms with Gasteiger partial charge in [-0.05, 0) is 101 Å². The fourth-order valence-electron chi connectivity index (χ4n) is 6.59. The van der Waals surface area contributed by atoms with Gasteiger partial charge >= 0.3 is 5.97 Å². The highest BCUT2D eigenvalue weighted by Crippen LogP contribution is 2.40. The van der Waals surface area contributed by atoms with E-state index in [1.54, 1.807) is 4.68 Å². The summed E-state index contributed by atoms with van der Waals surface area (Å²) in [5.74, 6) is 0.995. The van der Waals surface area contributed by atoms with Crippen LogP contribution in [0.5, 0.6) is 0 Å². The highest BCUT2D eigenvalue weighted by Gasteiger charge is 2.22. The average molecular weight is 724 g/mol. The smallest absolute Gasteiger partial charge is 0.330 e. The van der Waals surface area contributed by atoms with Gasteiger partial charge in [-0.25, -0.2) is 14.8 Å². The van der Waals surface area contributed by atoms with E-state index in [1.165, 1.54) is 23.6 Å². The third kappa shape index (κ3) is 7.85. The average Bonchev–Trinajstić information content (AvgIpc) is 3.73. The summed E-state index contributed by atoms with van der Waals surface area (Å²) in [7, 11) is 0. The third-order valence-electron chi connectivity index (χ3n) is 8.78. The molecule has 3 aromatic carbocycles. The Morgan fingerprint density at radius 3 is 2.30 bits per heavy atom. The Kier molecular flexibility index (Phi) is 10.8. The zero-order valence-corrected chi connectivity index (χ0v) is 31.8. The molecule has 0 aliphatic carbocycles. The molecule has 3 aromatic heterocycles. The van der Waals surface area contributed by atoms with E-state index in [0.29, 0.717) is 35.4 Å². The predicted molar refractivity (Wildman–Crippen MR) is 212 cm³/mol. The second-order valence-corrected chi connectivity index (χ2v) is 14.1. The lowest BCUT2D eigenvalue weighted by Gasteiger charge is -2.29. The summed E-state index contributed by atoms with van der Waals surface area (Å²) >= 11 is 1.45. The van der Waals surface area contributed by atoms with Crippen LogP contribution in [-0.2, 0) is 9.53 Å². The summed E-state index contributed by atoms with van der Waals surface area (Å²) < 4.78 is 7.89. The highest BCUT2D eigenvalue weighted by atomic mass is 32.1. The molecular weight excluding hydrogens is 683 g/mol. The molecular formula is C41H41N9O2S. The monoisotopic (exact) mass is 723 g/mol. The maximum atomic E-state index is 11.8. The number of carbonyl (C=O) groups is 1. The first-order valence-corrected chi connectivity index (χ1v) is 18.1. The van der Waals surface area contributed by atoms with Crippen molar-refractivity contribution in [2.45, 2.75) is 54.9 Å². The van der Waals surface area contributed by atoms with Crippen LogP contribution in [0.4, 0.5) is 34.5 Å². The fourth-order valence-corrected chi connectivity index (χ4v) is 7.52. The van der Waals surface area contributed by atoms with Crippen LogP contribution in [0.3, 0.4) is 0 Å². The van der Waals surface area contributed by atoms with E-state index in [1.807, 2.05) is 37.3 Å². The van der Waals surface area contributed by atoms with Crippen LogP contribution >= 0.6 is 11.3 Å². The Morgan fingerprint density at radius 2 is 1.64 bits per heavy atom. The molecule has 12 heteroatoms. The van der Waals surface area contributed by atoms with Crippen LogP contribution in [0.25, 0.3) is 15.3 Å². The maximum absolute atomic E-state index is 11.8. The van der Waals surface area contributed by atoms with Gasteiger partial charge in [-0.1, -0.05) is 65.4 Å². The first-order valence-electron chi connectivity index (χ1n) is 17.2. The van der Waals surface area contributed by atoms with E-state index >= 15 is 0 Å². The molecule has 268 valence electrons. The molecule has 0 unspecified atom stereocenters.